The number of carbonyl (C=O) groups excluding carboxylic acids is 1. The molecule has 0 bridgehead atoms. The standard InChI is InChI=1S/C29H23NOS/c31-26(17-13-21-11-14-24(15-12-21)22-7-3-1-4-8-22)20-29-30-27-18-16-25(19-28(27)32-29)23-9-5-2-6-10-23/h1-12,14-16,18-19H,13,17,20H2. The third-order valence-corrected chi connectivity index (χ3v) is 6.66. The van der Waals surface area contributed by atoms with Crippen molar-refractivity contribution in [3.8, 4) is 22.3 Å². The van der Waals surface area contributed by atoms with Crippen molar-refractivity contribution in [3.63, 3.8) is 0 Å². The predicted octanol–water partition coefficient (Wildman–Crippen LogP) is 7.37. The molecule has 3 heteroatoms. The number of thiazole rings is 1. The molecule has 0 N–H and O–H groups in total. The molecule has 2 nitrogen and oxygen atoms in total. The van der Waals surface area contributed by atoms with E-state index in [4.69, 9.17) is 0 Å². The van der Waals surface area contributed by atoms with Gasteiger partial charge in [-0.15, -0.1) is 11.3 Å². The Hall–Kier alpha value is -3.56. The summed E-state index contributed by atoms with van der Waals surface area (Å²) in [5.74, 6) is 0.236. The summed E-state index contributed by atoms with van der Waals surface area (Å²) in [4.78, 5) is 17.3. The van der Waals surface area contributed by atoms with Gasteiger partial charge < -0.3 is 0 Å². The number of rotatable bonds is 7. The highest BCUT2D eigenvalue weighted by Crippen LogP contribution is 2.28. The van der Waals surface area contributed by atoms with Crippen molar-refractivity contribution in [3.05, 3.63) is 114 Å². The highest BCUT2D eigenvalue weighted by atomic mass is 32.1. The highest BCUT2D eigenvalue weighted by molar-refractivity contribution is 7.18. The van der Waals surface area contributed by atoms with Crippen LogP contribution in [0.2, 0.25) is 0 Å². The molecule has 0 spiro atoms. The van der Waals surface area contributed by atoms with E-state index in [2.05, 4.69) is 71.7 Å². The van der Waals surface area contributed by atoms with Crippen LogP contribution >= 0.6 is 11.3 Å². The lowest BCUT2D eigenvalue weighted by atomic mass is 10.0. The first kappa shape index (κ1) is 20.3. The van der Waals surface area contributed by atoms with Crippen LogP contribution in [-0.4, -0.2) is 10.8 Å². The summed E-state index contributed by atoms with van der Waals surface area (Å²) in [6.45, 7) is 0. The third kappa shape index (κ3) is 4.68. The minimum Gasteiger partial charge on any atom is -0.299 e. The van der Waals surface area contributed by atoms with Crippen LogP contribution in [0.25, 0.3) is 32.5 Å². The number of benzene rings is 4. The number of aryl methyl sites for hydroxylation is 1. The van der Waals surface area contributed by atoms with Crippen molar-refractivity contribution in [2.24, 2.45) is 0 Å². The van der Waals surface area contributed by atoms with Crippen LogP contribution in [0.1, 0.15) is 17.0 Å². The molecular weight excluding hydrogens is 410 g/mol. The second-order valence-electron chi connectivity index (χ2n) is 7.93. The lowest BCUT2D eigenvalue weighted by Gasteiger charge is -2.04. The number of Topliss-reactive ketones (excluding diaryl/α,β-unsaturated/α-hetero) is 1. The Kier molecular flexibility index (Phi) is 5.91. The summed E-state index contributed by atoms with van der Waals surface area (Å²) in [6.07, 6.45) is 1.70. The predicted molar refractivity (Wildman–Crippen MR) is 134 cm³/mol. The molecule has 5 rings (SSSR count). The molecule has 0 aliphatic heterocycles. The van der Waals surface area contributed by atoms with Crippen molar-refractivity contribution < 1.29 is 4.79 Å². The molecule has 1 heterocycles. The van der Waals surface area contributed by atoms with Crippen LogP contribution in [0.4, 0.5) is 0 Å². The highest BCUT2D eigenvalue weighted by Gasteiger charge is 2.11. The molecule has 0 aliphatic carbocycles. The van der Waals surface area contributed by atoms with Gasteiger partial charge in [-0.2, -0.15) is 0 Å². The lowest BCUT2D eigenvalue weighted by molar-refractivity contribution is -0.118. The summed E-state index contributed by atoms with van der Waals surface area (Å²) >= 11 is 1.62. The Morgan fingerprint density at radius 2 is 1.28 bits per heavy atom. The number of nitrogens with zero attached hydrogens (tertiary/aromatic N) is 1. The van der Waals surface area contributed by atoms with Gasteiger partial charge in [0.15, 0.2) is 0 Å². The molecule has 0 fully saturated rings. The van der Waals surface area contributed by atoms with Gasteiger partial charge in [0, 0.05) is 6.42 Å². The monoisotopic (exact) mass is 433 g/mol. The fourth-order valence-corrected chi connectivity index (χ4v) is 4.93. The van der Waals surface area contributed by atoms with Gasteiger partial charge in [-0.3, -0.25) is 4.79 Å². The van der Waals surface area contributed by atoms with E-state index in [-0.39, 0.29) is 5.78 Å². The summed E-state index contributed by atoms with van der Waals surface area (Å²) in [7, 11) is 0. The number of aromatic nitrogens is 1. The Bertz CT molecular complexity index is 1340. The Morgan fingerprint density at radius 1 is 0.688 bits per heavy atom. The van der Waals surface area contributed by atoms with E-state index < -0.39 is 0 Å². The van der Waals surface area contributed by atoms with E-state index >= 15 is 0 Å². The first-order valence-electron chi connectivity index (χ1n) is 10.9. The zero-order valence-electron chi connectivity index (χ0n) is 17.7. The minimum atomic E-state index is 0.236. The van der Waals surface area contributed by atoms with Crippen molar-refractivity contribution in [2.45, 2.75) is 19.3 Å². The van der Waals surface area contributed by atoms with Crippen molar-refractivity contribution >= 4 is 27.3 Å². The van der Waals surface area contributed by atoms with Gasteiger partial charge >= 0.3 is 0 Å². The maximum atomic E-state index is 12.6. The number of ketones is 1. The van der Waals surface area contributed by atoms with Gasteiger partial charge in [0.25, 0.3) is 0 Å². The third-order valence-electron chi connectivity index (χ3n) is 5.64. The largest absolute Gasteiger partial charge is 0.299 e. The molecule has 156 valence electrons. The molecule has 1 aromatic heterocycles. The molecule has 32 heavy (non-hydrogen) atoms. The van der Waals surface area contributed by atoms with E-state index in [1.165, 1.54) is 27.8 Å². The minimum absolute atomic E-state index is 0.236. The molecule has 0 saturated heterocycles. The topological polar surface area (TPSA) is 30.0 Å². The summed E-state index contributed by atoms with van der Waals surface area (Å²) in [6, 6.07) is 35.5. The van der Waals surface area contributed by atoms with Gasteiger partial charge in [-0.1, -0.05) is 91.0 Å². The van der Waals surface area contributed by atoms with Gasteiger partial charge in [0.05, 0.1) is 16.6 Å². The number of carbonyl (C=O) groups is 1. The summed E-state index contributed by atoms with van der Waals surface area (Å²) in [5.41, 5.74) is 6.94. The van der Waals surface area contributed by atoms with Gasteiger partial charge in [-0.05, 0) is 46.4 Å². The zero-order valence-corrected chi connectivity index (χ0v) is 18.5. The average molecular weight is 434 g/mol. The Morgan fingerprint density at radius 3 is 1.97 bits per heavy atom. The molecule has 4 aromatic carbocycles. The van der Waals surface area contributed by atoms with Crippen LogP contribution in [0.3, 0.4) is 0 Å². The first-order chi connectivity index (χ1) is 15.7. The maximum Gasteiger partial charge on any atom is 0.140 e. The molecule has 0 radical (unpaired) electrons. The van der Waals surface area contributed by atoms with Crippen LogP contribution < -0.4 is 0 Å². The molecule has 0 saturated carbocycles. The number of fused-ring (bicyclic) bond motifs is 1. The average Bonchev–Trinajstić information content (AvgIpc) is 3.25. The summed E-state index contributed by atoms with van der Waals surface area (Å²) < 4.78 is 1.13. The van der Waals surface area contributed by atoms with Crippen LogP contribution in [0.5, 0.6) is 0 Å². The van der Waals surface area contributed by atoms with E-state index in [1.807, 2.05) is 36.4 Å². The van der Waals surface area contributed by atoms with Gasteiger partial charge in [0.2, 0.25) is 0 Å². The Balaban J connectivity index is 1.21. The van der Waals surface area contributed by atoms with Crippen LogP contribution in [0.15, 0.2) is 103 Å². The van der Waals surface area contributed by atoms with Gasteiger partial charge in [0.1, 0.15) is 10.8 Å². The van der Waals surface area contributed by atoms with E-state index in [1.54, 1.807) is 11.3 Å². The van der Waals surface area contributed by atoms with E-state index in [9.17, 15) is 4.79 Å². The van der Waals surface area contributed by atoms with E-state index in [0.29, 0.717) is 12.8 Å². The van der Waals surface area contributed by atoms with Crippen LogP contribution in [0, 0.1) is 0 Å². The van der Waals surface area contributed by atoms with Crippen molar-refractivity contribution in [2.75, 3.05) is 0 Å². The maximum absolute atomic E-state index is 12.6. The van der Waals surface area contributed by atoms with Crippen molar-refractivity contribution in [1.29, 1.82) is 0 Å². The molecule has 5 aromatic rings. The molecule has 0 amide bonds. The van der Waals surface area contributed by atoms with Gasteiger partial charge in [-0.25, -0.2) is 4.98 Å². The van der Waals surface area contributed by atoms with Crippen molar-refractivity contribution in [1.82, 2.24) is 4.98 Å². The first-order valence-corrected chi connectivity index (χ1v) is 11.7. The SMILES string of the molecule is O=C(CCc1ccc(-c2ccccc2)cc1)Cc1nc2ccc(-c3ccccc3)cc2s1. The molecule has 0 unspecified atom stereocenters. The second-order valence-corrected chi connectivity index (χ2v) is 9.05. The molecular formula is C29H23NOS. The lowest BCUT2D eigenvalue weighted by Crippen LogP contribution is -2.04. The second kappa shape index (κ2) is 9.29. The quantitative estimate of drug-likeness (QED) is 0.268. The normalized spacial score (nSPS) is 11.0. The molecule has 0 aliphatic rings. The Labute approximate surface area is 192 Å². The van der Waals surface area contributed by atoms with Crippen LogP contribution in [-0.2, 0) is 17.6 Å². The fourth-order valence-electron chi connectivity index (χ4n) is 3.89. The smallest absolute Gasteiger partial charge is 0.140 e. The van der Waals surface area contributed by atoms with E-state index in [0.717, 1.165) is 21.6 Å². The number of hydrogen-bond acceptors (Lipinski definition) is 3. The summed E-state index contributed by atoms with van der Waals surface area (Å²) in [5, 5.41) is 0.898. The number of hydrogen-bond donors (Lipinski definition) is 0. The fraction of sp³-hybridized carbons (Fsp3) is 0.103. The molecule has 0 atom stereocenters. The zero-order chi connectivity index (χ0) is 21.8.